The van der Waals surface area contributed by atoms with Gasteiger partial charge in [-0.3, -0.25) is 0 Å². The quantitative estimate of drug-likeness (QED) is 0.269. The molecule has 0 radical (unpaired) electrons. The van der Waals surface area contributed by atoms with Crippen LogP contribution in [-0.2, 0) is 12.8 Å². The Morgan fingerprint density at radius 1 is 0.523 bits per heavy atom. The Morgan fingerprint density at radius 2 is 0.841 bits per heavy atom. The molecule has 0 spiro atoms. The standard InChI is InChI=1S/C40H64O4/c1-9-11-19-33-21-15-13-17-29(3)24-32-27-37(43-7)40(38(28-32)44-8)34(20-12-10-2)22-16-14-18-30(4)23-31-25-35(41-5)39(33)36(26-31)42-6/h25-30,33-34H,9-24H2,1-8H3/t29-,30-,33-,34-/m0/s1. The van der Waals surface area contributed by atoms with E-state index in [-0.39, 0.29) is 0 Å². The monoisotopic (exact) mass is 608 g/mol. The molecule has 4 aliphatic rings. The molecule has 0 heterocycles. The normalized spacial score (nSPS) is 22.2. The van der Waals surface area contributed by atoms with Crippen molar-refractivity contribution in [2.75, 3.05) is 28.4 Å². The maximum absolute atomic E-state index is 6.07. The number of hydrogen-bond acceptors (Lipinski definition) is 4. The van der Waals surface area contributed by atoms with Gasteiger partial charge in [0.1, 0.15) is 23.0 Å². The molecular formula is C40H64O4. The fourth-order valence-electron chi connectivity index (χ4n) is 7.57. The third-order valence-corrected chi connectivity index (χ3v) is 10.0. The average Bonchev–Trinajstić information content (AvgIpc) is 3.03. The average molecular weight is 609 g/mol. The summed E-state index contributed by atoms with van der Waals surface area (Å²) in [6.45, 7) is 9.38. The van der Waals surface area contributed by atoms with Crippen LogP contribution in [0, 0.1) is 11.8 Å². The molecule has 0 fully saturated rings. The Morgan fingerprint density at radius 3 is 1.14 bits per heavy atom. The van der Waals surface area contributed by atoms with Crippen molar-refractivity contribution in [3.63, 3.8) is 0 Å². The van der Waals surface area contributed by atoms with E-state index in [2.05, 4.69) is 52.0 Å². The molecule has 0 saturated carbocycles. The van der Waals surface area contributed by atoms with Gasteiger partial charge in [-0.2, -0.15) is 0 Å². The molecule has 4 nitrogen and oxygen atoms in total. The Balaban J connectivity index is 1.94. The summed E-state index contributed by atoms with van der Waals surface area (Å²) in [6.07, 6.45) is 19.0. The van der Waals surface area contributed by atoms with E-state index in [1.807, 2.05) is 28.4 Å². The smallest absolute Gasteiger partial charge is 0.126 e. The molecule has 6 rings (SSSR count). The first-order valence-electron chi connectivity index (χ1n) is 17.9. The van der Waals surface area contributed by atoms with Crippen molar-refractivity contribution in [1.82, 2.24) is 0 Å². The van der Waals surface area contributed by atoms with Gasteiger partial charge in [0, 0.05) is 11.1 Å². The molecule has 0 aliphatic heterocycles. The van der Waals surface area contributed by atoms with Gasteiger partial charge in [-0.15, -0.1) is 0 Å². The SMILES string of the molecule is CCCC[C@H]1CCCC[C@H](C)Cc2cc(OC)c(c(OC)c2)[C@@H](CCCC)CCCC[C@H](C)Cc2cc(OC)c1c(OC)c2. The number of methoxy groups -OCH3 is 4. The molecule has 4 heteroatoms. The number of ether oxygens (including phenoxy) is 4. The van der Waals surface area contributed by atoms with E-state index < -0.39 is 0 Å². The molecule has 0 N–H and O–H groups in total. The van der Waals surface area contributed by atoms with E-state index in [1.165, 1.54) is 112 Å². The van der Waals surface area contributed by atoms with Crippen LogP contribution in [0.4, 0.5) is 0 Å². The Hall–Kier alpha value is -2.36. The first-order chi connectivity index (χ1) is 21.4. The second kappa shape index (κ2) is 19.2. The van der Waals surface area contributed by atoms with E-state index >= 15 is 0 Å². The van der Waals surface area contributed by atoms with E-state index in [9.17, 15) is 0 Å². The Bertz CT molecular complexity index is 971. The Labute approximate surface area is 270 Å². The first kappa shape index (κ1) is 36.1. The molecule has 4 bridgehead atoms. The zero-order valence-electron chi connectivity index (χ0n) is 29.6. The van der Waals surface area contributed by atoms with Gasteiger partial charge in [0.05, 0.1) is 28.4 Å². The van der Waals surface area contributed by atoms with Crippen LogP contribution in [0.3, 0.4) is 0 Å². The Kier molecular flexibility index (Phi) is 15.8. The summed E-state index contributed by atoms with van der Waals surface area (Å²) < 4.78 is 24.3. The molecule has 2 aromatic carbocycles. The summed E-state index contributed by atoms with van der Waals surface area (Å²) in [7, 11) is 7.33. The molecular weight excluding hydrogens is 544 g/mol. The summed E-state index contributed by atoms with van der Waals surface area (Å²) >= 11 is 0. The van der Waals surface area contributed by atoms with Gasteiger partial charge in [0.15, 0.2) is 0 Å². The fraction of sp³-hybridized carbons (Fsp3) is 0.700. The van der Waals surface area contributed by atoms with Gasteiger partial charge in [0.25, 0.3) is 0 Å². The first-order valence-corrected chi connectivity index (χ1v) is 17.9. The zero-order chi connectivity index (χ0) is 31.9. The number of rotatable bonds is 10. The molecule has 4 aliphatic carbocycles. The lowest BCUT2D eigenvalue weighted by atomic mass is 9.84. The highest BCUT2D eigenvalue weighted by atomic mass is 16.5. The highest BCUT2D eigenvalue weighted by Crippen LogP contribution is 2.44. The topological polar surface area (TPSA) is 36.9 Å². The molecule has 44 heavy (non-hydrogen) atoms. The van der Waals surface area contributed by atoms with E-state index in [4.69, 9.17) is 18.9 Å². The van der Waals surface area contributed by atoms with Crippen LogP contribution >= 0.6 is 0 Å². The van der Waals surface area contributed by atoms with Crippen LogP contribution in [0.2, 0.25) is 0 Å². The van der Waals surface area contributed by atoms with Gasteiger partial charge >= 0.3 is 0 Å². The van der Waals surface area contributed by atoms with Crippen LogP contribution in [0.15, 0.2) is 24.3 Å². The highest BCUT2D eigenvalue weighted by molar-refractivity contribution is 5.51. The zero-order valence-corrected chi connectivity index (χ0v) is 29.6. The summed E-state index contributed by atoms with van der Waals surface area (Å²) in [5.74, 6) is 6.20. The van der Waals surface area contributed by atoms with Crippen molar-refractivity contribution < 1.29 is 18.9 Å². The summed E-state index contributed by atoms with van der Waals surface area (Å²) in [5, 5.41) is 0. The van der Waals surface area contributed by atoms with Crippen molar-refractivity contribution >= 4 is 0 Å². The molecule has 0 unspecified atom stereocenters. The van der Waals surface area contributed by atoms with Crippen LogP contribution in [0.5, 0.6) is 23.0 Å². The molecule has 248 valence electrons. The third-order valence-electron chi connectivity index (χ3n) is 10.0. The molecule has 0 aromatic heterocycles. The summed E-state index contributed by atoms with van der Waals surface area (Å²) in [6, 6.07) is 9.24. The molecule has 0 amide bonds. The minimum Gasteiger partial charge on any atom is -0.496 e. The minimum atomic E-state index is 0.459. The maximum atomic E-state index is 6.07. The maximum Gasteiger partial charge on any atom is 0.126 e. The van der Waals surface area contributed by atoms with Gasteiger partial charge in [-0.25, -0.2) is 0 Å². The van der Waals surface area contributed by atoms with Crippen LogP contribution in [0.1, 0.15) is 152 Å². The molecule has 4 atom stereocenters. The van der Waals surface area contributed by atoms with E-state index in [0.717, 1.165) is 35.8 Å². The second-order valence-corrected chi connectivity index (χ2v) is 13.7. The number of hydrogen-bond donors (Lipinski definition) is 0. The van der Waals surface area contributed by atoms with Crippen molar-refractivity contribution in [3.8, 4) is 23.0 Å². The number of unbranched alkanes of at least 4 members (excludes halogenated alkanes) is 2. The summed E-state index contributed by atoms with van der Waals surface area (Å²) in [4.78, 5) is 0. The van der Waals surface area contributed by atoms with Crippen LogP contribution in [0.25, 0.3) is 0 Å². The van der Waals surface area contributed by atoms with Gasteiger partial charge in [-0.1, -0.05) is 91.9 Å². The summed E-state index contributed by atoms with van der Waals surface area (Å²) in [5.41, 5.74) is 5.23. The van der Waals surface area contributed by atoms with Crippen molar-refractivity contribution in [2.24, 2.45) is 11.8 Å². The largest absolute Gasteiger partial charge is 0.496 e. The lowest BCUT2D eigenvalue weighted by Crippen LogP contribution is -2.09. The minimum absolute atomic E-state index is 0.459. The second-order valence-electron chi connectivity index (χ2n) is 13.7. The lowest BCUT2D eigenvalue weighted by Gasteiger charge is -2.25. The van der Waals surface area contributed by atoms with Crippen molar-refractivity contribution in [3.05, 3.63) is 46.5 Å². The van der Waals surface area contributed by atoms with Crippen molar-refractivity contribution in [2.45, 2.75) is 142 Å². The molecule has 2 aromatic rings. The highest BCUT2D eigenvalue weighted by Gasteiger charge is 2.24. The predicted molar refractivity (Wildman–Crippen MR) is 186 cm³/mol. The van der Waals surface area contributed by atoms with Crippen LogP contribution in [-0.4, -0.2) is 28.4 Å². The fourth-order valence-corrected chi connectivity index (χ4v) is 7.57. The van der Waals surface area contributed by atoms with Crippen LogP contribution < -0.4 is 18.9 Å². The molecule has 0 saturated heterocycles. The van der Waals surface area contributed by atoms with Crippen molar-refractivity contribution in [1.29, 1.82) is 0 Å². The lowest BCUT2D eigenvalue weighted by molar-refractivity contribution is 0.363. The van der Waals surface area contributed by atoms with E-state index in [1.54, 1.807) is 0 Å². The van der Waals surface area contributed by atoms with Gasteiger partial charge in [0.2, 0.25) is 0 Å². The van der Waals surface area contributed by atoms with Gasteiger partial charge in [-0.05, 0) is 97.6 Å². The van der Waals surface area contributed by atoms with Gasteiger partial charge < -0.3 is 18.9 Å². The van der Waals surface area contributed by atoms with E-state index in [0.29, 0.717) is 23.7 Å². The third kappa shape index (κ3) is 10.3. The number of benzene rings is 2. The predicted octanol–water partition coefficient (Wildman–Crippen LogP) is 11.5.